The number of phenolic OH excluding ortho intramolecular Hbond substituents is 1. The van der Waals surface area contributed by atoms with E-state index in [1.54, 1.807) is 30.5 Å². The largest absolute Gasteiger partial charge is 0.504 e. The SMILES string of the molecule is COc1cc(/C=N/n2c(-c3ccccc3C)nc3ccccc3c2=O)ccc1O. The van der Waals surface area contributed by atoms with Crippen LogP contribution >= 0.6 is 0 Å². The minimum absolute atomic E-state index is 0.0368. The molecular weight excluding hydrogens is 366 g/mol. The molecule has 0 saturated carbocycles. The molecule has 0 aliphatic rings. The summed E-state index contributed by atoms with van der Waals surface area (Å²) in [6.45, 7) is 1.97. The Kier molecular flexibility index (Phi) is 4.83. The number of ether oxygens (including phenoxy) is 1. The lowest BCUT2D eigenvalue weighted by atomic mass is 10.1. The third-order valence-corrected chi connectivity index (χ3v) is 4.67. The van der Waals surface area contributed by atoms with Crippen molar-refractivity contribution in [2.75, 3.05) is 7.11 Å². The van der Waals surface area contributed by atoms with E-state index in [9.17, 15) is 9.90 Å². The second-order valence-corrected chi connectivity index (χ2v) is 6.56. The number of methoxy groups -OCH3 is 1. The van der Waals surface area contributed by atoms with Gasteiger partial charge in [-0.1, -0.05) is 36.4 Å². The Hall–Kier alpha value is -3.93. The van der Waals surface area contributed by atoms with Gasteiger partial charge in [0.2, 0.25) is 0 Å². The van der Waals surface area contributed by atoms with Crippen molar-refractivity contribution in [3.8, 4) is 22.9 Å². The molecule has 3 aromatic carbocycles. The Morgan fingerprint density at radius 3 is 2.62 bits per heavy atom. The summed E-state index contributed by atoms with van der Waals surface area (Å²) in [4.78, 5) is 17.9. The van der Waals surface area contributed by atoms with E-state index in [-0.39, 0.29) is 11.3 Å². The molecule has 0 aliphatic heterocycles. The first kappa shape index (κ1) is 18.4. The number of hydrogen-bond donors (Lipinski definition) is 1. The summed E-state index contributed by atoms with van der Waals surface area (Å²) in [6, 6.07) is 19.8. The summed E-state index contributed by atoms with van der Waals surface area (Å²) in [5.41, 5.74) is 2.86. The molecule has 4 aromatic rings. The average Bonchev–Trinajstić information content (AvgIpc) is 2.74. The van der Waals surface area contributed by atoms with E-state index in [1.165, 1.54) is 17.9 Å². The smallest absolute Gasteiger partial charge is 0.282 e. The highest BCUT2D eigenvalue weighted by Crippen LogP contribution is 2.26. The predicted molar refractivity (Wildman–Crippen MR) is 114 cm³/mol. The molecule has 0 fully saturated rings. The minimum atomic E-state index is -0.254. The van der Waals surface area contributed by atoms with Crippen LogP contribution in [0, 0.1) is 6.92 Å². The minimum Gasteiger partial charge on any atom is -0.504 e. The molecule has 29 heavy (non-hydrogen) atoms. The van der Waals surface area contributed by atoms with Gasteiger partial charge in [0.1, 0.15) is 0 Å². The fraction of sp³-hybridized carbons (Fsp3) is 0.0870. The van der Waals surface area contributed by atoms with Crippen LogP contribution in [0.4, 0.5) is 0 Å². The molecule has 0 atom stereocenters. The molecule has 0 amide bonds. The monoisotopic (exact) mass is 385 g/mol. The number of phenols is 1. The van der Waals surface area contributed by atoms with Crippen LogP contribution in [-0.4, -0.2) is 28.1 Å². The van der Waals surface area contributed by atoms with Crippen LogP contribution in [0.5, 0.6) is 11.5 Å². The highest BCUT2D eigenvalue weighted by Gasteiger charge is 2.13. The van der Waals surface area contributed by atoms with E-state index in [2.05, 4.69) is 5.10 Å². The van der Waals surface area contributed by atoms with E-state index in [4.69, 9.17) is 9.72 Å². The van der Waals surface area contributed by atoms with Crippen molar-refractivity contribution in [3.05, 3.63) is 88.2 Å². The van der Waals surface area contributed by atoms with Crippen molar-refractivity contribution >= 4 is 17.1 Å². The Balaban J connectivity index is 1.93. The van der Waals surface area contributed by atoms with Gasteiger partial charge >= 0.3 is 0 Å². The highest BCUT2D eigenvalue weighted by atomic mass is 16.5. The zero-order valence-electron chi connectivity index (χ0n) is 16.0. The number of aromatic hydroxyl groups is 1. The Bertz CT molecular complexity index is 1290. The quantitative estimate of drug-likeness (QED) is 0.539. The number of hydrogen-bond acceptors (Lipinski definition) is 5. The first-order valence-corrected chi connectivity index (χ1v) is 9.07. The number of para-hydroxylation sites is 1. The molecule has 0 spiro atoms. The van der Waals surface area contributed by atoms with Crippen LogP contribution in [0.15, 0.2) is 76.6 Å². The summed E-state index contributed by atoms with van der Waals surface area (Å²) < 4.78 is 6.44. The van der Waals surface area contributed by atoms with Crippen molar-refractivity contribution in [3.63, 3.8) is 0 Å². The molecule has 0 saturated heterocycles. The molecule has 0 bridgehead atoms. The maximum absolute atomic E-state index is 13.2. The summed E-state index contributed by atoms with van der Waals surface area (Å²) >= 11 is 0. The number of fused-ring (bicyclic) bond motifs is 1. The summed E-state index contributed by atoms with van der Waals surface area (Å²) in [5, 5.41) is 14.7. The van der Waals surface area contributed by atoms with Gasteiger partial charge in [0.25, 0.3) is 5.56 Å². The second kappa shape index (κ2) is 7.59. The Morgan fingerprint density at radius 2 is 1.83 bits per heavy atom. The maximum atomic E-state index is 13.2. The molecular formula is C23H19N3O3. The highest BCUT2D eigenvalue weighted by molar-refractivity contribution is 5.83. The number of aryl methyl sites for hydroxylation is 1. The van der Waals surface area contributed by atoms with E-state index >= 15 is 0 Å². The van der Waals surface area contributed by atoms with Crippen LogP contribution in [-0.2, 0) is 0 Å². The zero-order chi connectivity index (χ0) is 20.4. The van der Waals surface area contributed by atoms with Gasteiger partial charge in [-0.25, -0.2) is 4.98 Å². The first-order chi connectivity index (χ1) is 14.1. The topological polar surface area (TPSA) is 76.7 Å². The van der Waals surface area contributed by atoms with Crippen molar-refractivity contribution in [1.82, 2.24) is 9.66 Å². The van der Waals surface area contributed by atoms with Gasteiger partial charge in [-0.3, -0.25) is 4.79 Å². The van der Waals surface area contributed by atoms with Crippen LogP contribution in [0.2, 0.25) is 0 Å². The maximum Gasteiger partial charge on any atom is 0.282 e. The van der Waals surface area contributed by atoms with E-state index in [0.717, 1.165) is 11.1 Å². The van der Waals surface area contributed by atoms with Gasteiger partial charge in [-0.2, -0.15) is 9.78 Å². The van der Waals surface area contributed by atoms with Gasteiger partial charge in [-0.05, 0) is 48.4 Å². The summed E-state index contributed by atoms with van der Waals surface area (Å²) in [6.07, 6.45) is 1.54. The Labute approximate surface area is 167 Å². The van der Waals surface area contributed by atoms with Crippen LogP contribution in [0.3, 0.4) is 0 Å². The van der Waals surface area contributed by atoms with Gasteiger partial charge in [-0.15, -0.1) is 0 Å². The van der Waals surface area contributed by atoms with Crippen molar-refractivity contribution in [2.45, 2.75) is 6.92 Å². The van der Waals surface area contributed by atoms with Crippen molar-refractivity contribution < 1.29 is 9.84 Å². The fourth-order valence-corrected chi connectivity index (χ4v) is 3.13. The molecule has 144 valence electrons. The second-order valence-electron chi connectivity index (χ2n) is 6.56. The van der Waals surface area contributed by atoms with Crippen LogP contribution < -0.4 is 10.3 Å². The first-order valence-electron chi connectivity index (χ1n) is 9.07. The Morgan fingerprint density at radius 1 is 1.07 bits per heavy atom. The van der Waals surface area contributed by atoms with Crippen LogP contribution in [0.1, 0.15) is 11.1 Å². The molecule has 1 aromatic heterocycles. The van der Waals surface area contributed by atoms with Gasteiger partial charge < -0.3 is 9.84 Å². The molecule has 1 N–H and O–H groups in total. The molecule has 1 heterocycles. The molecule has 6 nitrogen and oxygen atoms in total. The molecule has 0 aliphatic carbocycles. The lowest BCUT2D eigenvalue weighted by Crippen LogP contribution is -2.20. The van der Waals surface area contributed by atoms with Crippen molar-refractivity contribution in [2.24, 2.45) is 5.10 Å². The van der Waals surface area contributed by atoms with Crippen LogP contribution in [0.25, 0.3) is 22.3 Å². The third-order valence-electron chi connectivity index (χ3n) is 4.67. The summed E-state index contributed by atoms with van der Waals surface area (Å²) in [5.74, 6) is 0.834. The molecule has 0 unspecified atom stereocenters. The number of rotatable bonds is 4. The predicted octanol–water partition coefficient (Wildman–Crippen LogP) is 3.97. The molecule has 4 rings (SSSR count). The average molecular weight is 385 g/mol. The third kappa shape index (κ3) is 3.48. The van der Waals surface area contributed by atoms with Crippen molar-refractivity contribution in [1.29, 1.82) is 0 Å². The lowest BCUT2D eigenvalue weighted by Gasteiger charge is -2.11. The zero-order valence-corrected chi connectivity index (χ0v) is 16.0. The number of benzene rings is 3. The summed E-state index contributed by atoms with van der Waals surface area (Å²) in [7, 11) is 1.48. The standard InChI is InChI=1S/C23H19N3O3/c1-15-7-3-4-8-17(15)22-25-19-10-6-5-9-18(19)23(28)26(22)24-14-16-11-12-20(27)21(13-16)29-2/h3-14,27H,1-2H3/b24-14+. The van der Waals surface area contributed by atoms with Gasteiger partial charge in [0.05, 0.1) is 24.2 Å². The normalized spacial score (nSPS) is 11.2. The van der Waals surface area contributed by atoms with E-state index in [1.807, 2.05) is 43.3 Å². The fourth-order valence-electron chi connectivity index (χ4n) is 3.13. The van der Waals surface area contributed by atoms with Gasteiger partial charge in [0.15, 0.2) is 17.3 Å². The lowest BCUT2D eigenvalue weighted by molar-refractivity contribution is 0.373. The van der Waals surface area contributed by atoms with E-state index in [0.29, 0.717) is 28.0 Å². The van der Waals surface area contributed by atoms with Gasteiger partial charge in [0, 0.05) is 5.56 Å². The number of aromatic nitrogens is 2. The van der Waals surface area contributed by atoms with E-state index < -0.39 is 0 Å². The number of nitrogens with zero attached hydrogens (tertiary/aromatic N) is 3. The molecule has 6 heteroatoms. The molecule has 0 radical (unpaired) electrons.